The van der Waals surface area contributed by atoms with E-state index < -0.39 is 11.2 Å². The van der Waals surface area contributed by atoms with Gasteiger partial charge in [0.05, 0.1) is 29.6 Å². The number of benzene rings is 1. The lowest BCUT2D eigenvalue weighted by Gasteiger charge is -2.28. The van der Waals surface area contributed by atoms with E-state index in [1.807, 2.05) is 0 Å². The molecule has 0 saturated heterocycles. The van der Waals surface area contributed by atoms with Gasteiger partial charge in [-0.1, -0.05) is 35.7 Å². The Kier molecular flexibility index (Phi) is 6.54. The SMILES string of the molecule is COC(=O)[C@@H]1CCC[C@@H](Nc2nc3c(c(=O)n(Cc4ccc(Cl)c(Cl)c4)c(=O)n3C)n2C)C1. The molecule has 1 saturated carbocycles. The highest BCUT2D eigenvalue weighted by atomic mass is 35.5. The van der Waals surface area contributed by atoms with Crippen molar-refractivity contribution in [3.05, 3.63) is 54.6 Å². The Morgan fingerprint density at radius 1 is 1.18 bits per heavy atom. The van der Waals surface area contributed by atoms with Crippen LogP contribution in [0.1, 0.15) is 31.2 Å². The molecule has 1 fully saturated rings. The number of fused-ring (bicyclic) bond motifs is 1. The van der Waals surface area contributed by atoms with Gasteiger partial charge in [0.15, 0.2) is 11.2 Å². The molecule has 2 aromatic heterocycles. The van der Waals surface area contributed by atoms with Gasteiger partial charge in [0.1, 0.15) is 0 Å². The lowest BCUT2D eigenvalue weighted by molar-refractivity contribution is -0.146. The van der Waals surface area contributed by atoms with E-state index in [4.69, 9.17) is 27.9 Å². The first-order chi connectivity index (χ1) is 15.7. The van der Waals surface area contributed by atoms with Gasteiger partial charge >= 0.3 is 11.7 Å². The third kappa shape index (κ3) is 4.39. The third-order valence-corrected chi connectivity index (χ3v) is 6.97. The molecule has 0 bridgehead atoms. The van der Waals surface area contributed by atoms with Crippen LogP contribution in [0.5, 0.6) is 0 Å². The number of halogens is 2. The predicted molar refractivity (Wildman–Crippen MR) is 127 cm³/mol. The number of hydrogen-bond donors (Lipinski definition) is 1. The number of nitrogens with one attached hydrogen (secondary N) is 1. The van der Waals surface area contributed by atoms with Crippen molar-refractivity contribution in [3.8, 4) is 0 Å². The topological polar surface area (TPSA) is 100 Å². The van der Waals surface area contributed by atoms with Gasteiger partial charge in [-0.15, -0.1) is 0 Å². The van der Waals surface area contributed by atoms with E-state index in [-0.39, 0.29) is 24.5 Å². The molecule has 0 unspecified atom stereocenters. The molecule has 1 N–H and O–H groups in total. The van der Waals surface area contributed by atoms with Gasteiger partial charge in [-0.3, -0.25) is 18.7 Å². The van der Waals surface area contributed by atoms with Gasteiger partial charge < -0.3 is 14.6 Å². The summed E-state index contributed by atoms with van der Waals surface area (Å²) in [5.41, 5.74) is 0.352. The zero-order valence-corrected chi connectivity index (χ0v) is 20.1. The van der Waals surface area contributed by atoms with E-state index in [2.05, 4.69) is 10.3 Å². The summed E-state index contributed by atoms with van der Waals surface area (Å²) in [5, 5.41) is 4.10. The number of aromatic nitrogens is 4. The fraction of sp³-hybridized carbons (Fsp3) is 0.455. The van der Waals surface area contributed by atoms with Gasteiger partial charge in [0, 0.05) is 20.1 Å². The smallest absolute Gasteiger partial charge is 0.332 e. The number of rotatable bonds is 5. The van der Waals surface area contributed by atoms with Crippen LogP contribution in [-0.4, -0.2) is 37.8 Å². The molecule has 11 heteroatoms. The van der Waals surface area contributed by atoms with E-state index in [0.717, 1.165) is 23.8 Å². The van der Waals surface area contributed by atoms with Crippen LogP contribution < -0.4 is 16.6 Å². The van der Waals surface area contributed by atoms with Gasteiger partial charge in [-0.05, 0) is 37.0 Å². The first-order valence-corrected chi connectivity index (χ1v) is 11.4. The average molecular weight is 494 g/mol. The molecule has 176 valence electrons. The molecule has 0 amide bonds. The Balaban J connectivity index is 1.70. The molecule has 33 heavy (non-hydrogen) atoms. The summed E-state index contributed by atoms with van der Waals surface area (Å²) in [7, 11) is 4.71. The summed E-state index contributed by atoms with van der Waals surface area (Å²) in [6.45, 7) is 0.0513. The van der Waals surface area contributed by atoms with Crippen molar-refractivity contribution < 1.29 is 9.53 Å². The molecule has 0 aliphatic heterocycles. The summed E-state index contributed by atoms with van der Waals surface area (Å²) in [6.07, 6.45) is 3.17. The van der Waals surface area contributed by atoms with Crippen LogP contribution >= 0.6 is 23.2 Å². The van der Waals surface area contributed by atoms with Crippen LogP contribution in [0.25, 0.3) is 11.2 Å². The Morgan fingerprint density at radius 3 is 2.64 bits per heavy atom. The first kappa shape index (κ1) is 23.4. The second-order valence-electron chi connectivity index (χ2n) is 8.38. The minimum atomic E-state index is -0.480. The van der Waals surface area contributed by atoms with Gasteiger partial charge in [-0.25, -0.2) is 4.79 Å². The minimum absolute atomic E-state index is 0.00817. The van der Waals surface area contributed by atoms with Crippen LogP contribution in [0.15, 0.2) is 27.8 Å². The van der Waals surface area contributed by atoms with E-state index in [9.17, 15) is 14.4 Å². The Morgan fingerprint density at radius 2 is 1.94 bits per heavy atom. The lowest BCUT2D eigenvalue weighted by atomic mass is 9.86. The molecule has 1 aromatic carbocycles. The number of methoxy groups -OCH3 is 1. The Labute approximate surface area is 199 Å². The lowest BCUT2D eigenvalue weighted by Crippen LogP contribution is -2.39. The molecule has 3 aromatic rings. The van der Waals surface area contributed by atoms with Gasteiger partial charge in [-0.2, -0.15) is 4.98 Å². The van der Waals surface area contributed by atoms with Crippen molar-refractivity contribution in [3.63, 3.8) is 0 Å². The zero-order chi connectivity index (χ0) is 23.9. The molecule has 0 radical (unpaired) electrons. The van der Waals surface area contributed by atoms with E-state index in [1.165, 1.54) is 11.7 Å². The minimum Gasteiger partial charge on any atom is -0.469 e. The first-order valence-electron chi connectivity index (χ1n) is 10.7. The van der Waals surface area contributed by atoms with Crippen LogP contribution in [0.4, 0.5) is 5.95 Å². The molecule has 1 aliphatic rings. The second-order valence-corrected chi connectivity index (χ2v) is 9.19. The number of aryl methyl sites for hydroxylation is 2. The van der Waals surface area contributed by atoms with Crippen LogP contribution in [0.3, 0.4) is 0 Å². The van der Waals surface area contributed by atoms with Gasteiger partial charge in [0.25, 0.3) is 5.56 Å². The number of anilines is 1. The summed E-state index contributed by atoms with van der Waals surface area (Å²) >= 11 is 12.1. The highest BCUT2D eigenvalue weighted by Gasteiger charge is 2.29. The molecular weight excluding hydrogens is 469 g/mol. The fourth-order valence-corrected chi connectivity index (χ4v) is 4.74. The van der Waals surface area contributed by atoms with E-state index >= 15 is 0 Å². The maximum absolute atomic E-state index is 13.3. The molecule has 4 rings (SSSR count). The van der Waals surface area contributed by atoms with Crippen molar-refractivity contribution in [1.29, 1.82) is 0 Å². The summed E-state index contributed by atoms with van der Waals surface area (Å²) in [5.74, 6) is 0.0997. The van der Waals surface area contributed by atoms with Crippen molar-refractivity contribution in [2.45, 2.75) is 38.3 Å². The predicted octanol–water partition coefficient (Wildman–Crippen LogP) is 2.93. The molecule has 9 nitrogen and oxygen atoms in total. The number of hydrogen-bond acceptors (Lipinski definition) is 6. The normalized spacial score (nSPS) is 18.5. The van der Waals surface area contributed by atoms with Crippen LogP contribution in [0.2, 0.25) is 10.0 Å². The van der Waals surface area contributed by atoms with E-state index in [0.29, 0.717) is 39.1 Å². The van der Waals surface area contributed by atoms with Crippen molar-refractivity contribution in [1.82, 2.24) is 18.7 Å². The maximum Gasteiger partial charge on any atom is 0.332 e. The molecule has 2 atom stereocenters. The van der Waals surface area contributed by atoms with Crippen LogP contribution in [0, 0.1) is 5.92 Å². The van der Waals surface area contributed by atoms with Gasteiger partial charge in [0.2, 0.25) is 5.95 Å². The molecule has 2 heterocycles. The van der Waals surface area contributed by atoms with Crippen molar-refractivity contribution in [2.24, 2.45) is 20.0 Å². The monoisotopic (exact) mass is 493 g/mol. The van der Waals surface area contributed by atoms with Crippen molar-refractivity contribution in [2.75, 3.05) is 12.4 Å². The largest absolute Gasteiger partial charge is 0.469 e. The van der Waals surface area contributed by atoms with Crippen molar-refractivity contribution >= 4 is 46.3 Å². The van der Waals surface area contributed by atoms with Crippen LogP contribution in [-0.2, 0) is 30.2 Å². The average Bonchev–Trinajstić information content (AvgIpc) is 3.13. The highest BCUT2D eigenvalue weighted by molar-refractivity contribution is 6.42. The number of ether oxygens (including phenoxy) is 1. The summed E-state index contributed by atoms with van der Waals surface area (Å²) < 4.78 is 9.06. The molecule has 0 spiro atoms. The third-order valence-electron chi connectivity index (χ3n) is 6.23. The number of carbonyl (C=O) groups is 1. The number of nitrogens with zero attached hydrogens (tertiary/aromatic N) is 4. The number of esters is 1. The zero-order valence-electron chi connectivity index (χ0n) is 18.6. The highest BCUT2D eigenvalue weighted by Crippen LogP contribution is 2.28. The standard InChI is InChI=1S/C22H25Cl2N5O4/c1-27-17-18(26-21(27)25-14-6-4-5-13(10-14)20(31)33-3)28(2)22(32)29(19(17)30)11-12-7-8-15(23)16(24)9-12/h7-9,13-14H,4-6,10-11H2,1-3H3,(H,25,26)/t13-,14-/m1/s1. The Hall–Kier alpha value is -2.78. The quantitative estimate of drug-likeness (QED) is 0.548. The number of carbonyl (C=O) groups excluding carboxylic acids is 1. The second kappa shape index (κ2) is 9.23. The Bertz CT molecular complexity index is 1340. The summed E-state index contributed by atoms with van der Waals surface area (Å²) in [6, 6.07) is 5.00. The summed E-state index contributed by atoms with van der Waals surface area (Å²) in [4.78, 5) is 42.8. The number of imidazole rings is 1. The molecular formula is C22H25Cl2N5O4. The van der Waals surface area contributed by atoms with E-state index in [1.54, 1.807) is 36.9 Å². The fourth-order valence-electron chi connectivity index (χ4n) is 4.42. The maximum atomic E-state index is 13.3. The molecule has 1 aliphatic carbocycles.